The van der Waals surface area contributed by atoms with Gasteiger partial charge in [-0.15, -0.1) is 0 Å². The van der Waals surface area contributed by atoms with E-state index in [0.717, 1.165) is 38.9 Å². The van der Waals surface area contributed by atoms with Crippen molar-refractivity contribution in [3.05, 3.63) is 0 Å². The lowest BCUT2D eigenvalue weighted by Gasteiger charge is -2.45. The fourth-order valence-electron chi connectivity index (χ4n) is 3.41. The molecule has 2 atom stereocenters. The van der Waals surface area contributed by atoms with Crippen LogP contribution >= 0.6 is 0 Å². The molecule has 140 valence electrons. The van der Waals surface area contributed by atoms with E-state index in [1.165, 1.54) is 0 Å². The van der Waals surface area contributed by atoms with Crippen LogP contribution in [0.15, 0.2) is 0 Å². The van der Waals surface area contributed by atoms with Crippen molar-refractivity contribution in [1.82, 2.24) is 15.1 Å². The maximum atomic E-state index is 12.7. The summed E-state index contributed by atoms with van der Waals surface area (Å²) < 4.78 is 5.83. The molecule has 2 fully saturated rings. The van der Waals surface area contributed by atoms with Gasteiger partial charge in [-0.05, 0) is 52.9 Å². The van der Waals surface area contributed by atoms with Crippen LogP contribution in [0.1, 0.15) is 60.8 Å². The van der Waals surface area contributed by atoms with Crippen LogP contribution in [0.4, 0.5) is 4.79 Å². The second kappa shape index (κ2) is 8.05. The third kappa shape index (κ3) is 5.62. The number of amides is 2. The number of urea groups is 1. The minimum Gasteiger partial charge on any atom is -0.373 e. The minimum atomic E-state index is -0.0603. The van der Waals surface area contributed by atoms with E-state index in [1.807, 2.05) is 0 Å². The van der Waals surface area contributed by atoms with Gasteiger partial charge in [0.2, 0.25) is 0 Å². The molecule has 0 bridgehead atoms. The zero-order valence-electron chi connectivity index (χ0n) is 16.5. The fraction of sp³-hybridized carbons (Fsp3) is 0.947. The highest BCUT2D eigenvalue weighted by Crippen LogP contribution is 2.28. The highest BCUT2D eigenvalue weighted by Gasteiger charge is 2.36. The summed E-state index contributed by atoms with van der Waals surface area (Å²) in [5, 5.41) is 3.20. The number of nitrogens with zero attached hydrogens (tertiary/aromatic N) is 2. The van der Waals surface area contributed by atoms with E-state index in [-0.39, 0.29) is 23.8 Å². The van der Waals surface area contributed by atoms with Crippen LogP contribution in [-0.4, -0.2) is 65.8 Å². The lowest BCUT2D eigenvalue weighted by Crippen LogP contribution is -2.59. The zero-order chi connectivity index (χ0) is 17.9. The molecule has 1 N–H and O–H groups in total. The molecule has 5 nitrogen and oxygen atoms in total. The predicted molar refractivity (Wildman–Crippen MR) is 98.2 cm³/mol. The summed E-state index contributed by atoms with van der Waals surface area (Å²) in [6, 6.07) is 0.580. The predicted octanol–water partition coefficient (Wildman–Crippen LogP) is 3.09. The molecule has 2 aliphatic rings. The molecule has 1 heterocycles. The van der Waals surface area contributed by atoms with Gasteiger partial charge in [0.25, 0.3) is 0 Å². The Morgan fingerprint density at radius 2 is 1.83 bits per heavy atom. The molecule has 0 aromatic rings. The summed E-state index contributed by atoms with van der Waals surface area (Å²) >= 11 is 0. The Kier molecular flexibility index (Phi) is 6.54. The second-order valence-electron chi connectivity index (χ2n) is 8.74. The average molecular weight is 340 g/mol. The molecular weight excluding hydrogens is 302 g/mol. The summed E-state index contributed by atoms with van der Waals surface area (Å²) in [6.07, 6.45) is 3.89. The molecule has 2 unspecified atom stereocenters. The number of carbonyl (C=O) groups is 1. The van der Waals surface area contributed by atoms with Gasteiger partial charge in [-0.2, -0.15) is 0 Å². The normalized spacial score (nSPS) is 25.8. The lowest BCUT2D eigenvalue weighted by molar-refractivity contribution is -0.0948. The Morgan fingerprint density at radius 3 is 2.33 bits per heavy atom. The summed E-state index contributed by atoms with van der Waals surface area (Å²) in [6.45, 7) is 16.5. The van der Waals surface area contributed by atoms with E-state index in [2.05, 4.69) is 56.7 Å². The maximum absolute atomic E-state index is 12.7. The van der Waals surface area contributed by atoms with Gasteiger partial charge >= 0.3 is 6.03 Å². The van der Waals surface area contributed by atoms with Crippen molar-refractivity contribution >= 4 is 6.03 Å². The van der Waals surface area contributed by atoms with Crippen LogP contribution in [0, 0.1) is 5.92 Å². The van der Waals surface area contributed by atoms with Gasteiger partial charge in [-0.1, -0.05) is 13.8 Å². The van der Waals surface area contributed by atoms with Crippen molar-refractivity contribution in [2.75, 3.05) is 26.2 Å². The topological polar surface area (TPSA) is 44.8 Å². The van der Waals surface area contributed by atoms with E-state index < -0.39 is 0 Å². The van der Waals surface area contributed by atoms with Gasteiger partial charge in [0.05, 0.1) is 12.2 Å². The first-order valence-corrected chi connectivity index (χ1v) is 9.64. The van der Waals surface area contributed by atoms with Crippen molar-refractivity contribution in [2.45, 2.75) is 84.6 Å². The van der Waals surface area contributed by atoms with E-state index in [0.29, 0.717) is 18.5 Å². The quantitative estimate of drug-likeness (QED) is 0.775. The van der Waals surface area contributed by atoms with Crippen molar-refractivity contribution in [3.63, 3.8) is 0 Å². The first kappa shape index (κ1) is 19.5. The van der Waals surface area contributed by atoms with E-state index in [4.69, 9.17) is 4.74 Å². The molecule has 0 radical (unpaired) electrons. The largest absolute Gasteiger partial charge is 0.373 e. The molecule has 1 aliphatic heterocycles. The first-order valence-electron chi connectivity index (χ1n) is 9.64. The number of hydrogen-bond donors (Lipinski definition) is 1. The number of morpholine rings is 1. The van der Waals surface area contributed by atoms with Crippen LogP contribution in [-0.2, 0) is 4.74 Å². The Morgan fingerprint density at radius 1 is 1.25 bits per heavy atom. The van der Waals surface area contributed by atoms with Gasteiger partial charge in [0.15, 0.2) is 0 Å². The standard InChI is InChI=1S/C19H37N3O2/c1-14(2)9-10-22(17-7-8-17)18(23)20-13-19(5,6)21-11-15(3)24-16(4)12-21/h14-17H,7-13H2,1-6H3,(H,20,23). The van der Waals surface area contributed by atoms with Gasteiger partial charge in [0.1, 0.15) is 0 Å². The fourth-order valence-corrected chi connectivity index (χ4v) is 3.41. The Hall–Kier alpha value is -0.810. The summed E-state index contributed by atoms with van der Waals surface area (Å²) in [5.41, 5.74) is -0.0603. The molecule has 0 aromatic heterocycles. The molecule has 0 spiro atoms. The van der Waals surface area contributed by atoms with E-state index in [9.17, 15) is 4.79 Å². The van der Waals surface area contributed by atoms with Crippen LogP contribution in [0.25, 0.3) is 0 Å². The molecule has 1 saturated heterocycles. The number of hydrogen-bond acceptors (Lipinski definition) is 3. The van der Waals surface area contributed by atoms with Crippen molar-refractivity contribution < 1.29 is 9.53 Å². The highest BCUT2D eigenvalue weighted by atomic mass is 16.5. The van der Waals surface area contributed by atoms with Gasteiger partial charge in [0, 0.05) is 37.8 Å². The number of ether oxygens (including phenoxy) is 1. The zero-order valence-corrected chi connectivity index (χ0v) is 16.5. The Bertz CT molecular complexity index is 411. The number of nitrogens with one attached hydrogen (secondary N) is 1. The molecule has 2 amide bonds. The monoisotopic (exact) mass is 339 g/mol. The van der Waals surface area contributed by atoms with E-state index in [1.54, 1.807) is 0 Å². The number of carbonyl (C=O) groups excluding carboxylic acids is 1. The van der Waals surface area contributed by atoms with Gasteiger partial charge in [-0.25, -0.2) is 4.79 Å². The molecular formula is C19H37N3O2. The second-order valence-corrected chi connectivity index (χ2v) is 8.74. The maximum Gasteiger partial charge on any atom is 0.317 e. The Labute approximate surface area is 148 Å². The molecule has 1 saturated carbocycles. The lowest BCUT2D eigenvalue weighted by atomic mass is 10.00. The first-order chi connectivity index (χ1) is 11.2. The Balaban J connectivity index is 1.86. The van der Waals surface area contributed by atoms with Gasteiger partial charge in [-0.3, -0.25) is 4.90 Å². The summed E-state index contributed by atoms with van der Waals surface area (Å²) in [5.74, 6) is 0.631. The minimum absolute atomic E-state index is 0.0603. The van der Waals surface area contributed by atoms with Crippen LogP contribution in [0.2, 0.25) is 0 Å². The number of rotatable bonds is 7. The summed E-state index contributed by atoms with van der Waals surface area (Å²) in [7, 11) is 0. The molecule has 24 heavy (non-hydrogen) atoms. The van der Waals surface area contributed by atoms with Crippen molar-refractivity contribution in [3.8, 4) is 0 Å². The third-order valence-electron chi connectivity index (χ3n) is 5.14. The molecule has 5 heteroatoms. The van der Waals surface area contributed by atoms with Crippen molar-refractivity contribution in [2.24, 2.45) is 5.92 Å². The van der Waals surface area contributed by atoms with Crippen LogP contribution in [0.3, 0.4) is 0 Å². The highest BCUT2D eigenvalue weighted by molar-refractivity contribution is 5.75. The van der Waals surface area contributed by atoms with Gasteiger partial charge < -0.3 is 15.0 Å². The summed E-state index contributed by atoms with van der Waals surface area (Å²) in [4.78, 5) is 17.2. The average Bonchev–Trinajstić information content (AvgIpc) is 3.29. The molecule has 0 aromatic carbocycles. The van der Waals surface area contributed by atoms with Crippen LogP contribution in [0.5, 0.6) is 0 Å². The molecule has 2 rings (SSSR count). The van der Waals surface area contributed by atoms with E-state index >= 15 is 0 Å². The smallest absolute Gasteiger partial charge is 0.317 e. The SMILES string of the molecule is CC(C)CCN(C(=O)NCC(C)(C)N1CC(C)OC(C)C1)C1CC1. The van der Waals surface area contributed by atoms with Crippen molar-refractivity contribution in [1.29, 1.82) is 0 Å². The molecule has 1 aliphatic carbocycles. The van der Waals surface area contributed by atoms with Crippen LogP contribution < -0.4 is 5.32 Å². The third-order valence-corrected chi connectivity index (χ3v) is 5.14.